The quantitative estimate of drug-likeness (QED) is 0.655. The minimum absolute atomic E-state index is 0.0951. The highest BCUT2D eigenvalue weighted by molar-refractivity contribution is 6.15. The molecule has 3 aromatic rings. The minimum atomic E-state index is -0.0951. The molecule has 0 saturated heterocycles. The van der Waals surface area contributed by atoms with Gasteiger partial charge in [0.2, 0.25) is 5.78 Å². The summed E-state index contributed by atoms with van der Waals surface area (Å²) in [5, 5.41) is 1.83. The molecule has 0 fully saturated rings. The van der Waals surface area contributed by atoms with Gasteiger partial charge in [0, 0.05) is 29.5 Å². The molecule has 4 nitrogen and oxygen atoms in total. The second-order valence-electron chi connectivity index (χ2n) is 4.22. The average molecular weight is 249 g/mol. The molecule has 0 bridgehead atoms. The van der Waals surface area contributed by atoms with Crippen LogP contribution in [0.4, 0.5) is 0 Å². The fourth-order valence-corrected chi connectivity index (χ4v) is 2.04. The molecule has 0 aliphatic carbocycles. The standard InChI is InChI=1S/C15H11N3O/c1-10-17-8-6-14(18-10)15(19)13-4-2-3-11-9-16-7-5-12(11)13/h2-9H,1H3. The topological polar surface area (TPSA) is 55.7 Å². The molecule has 0 atom stereocenters. The third kappa shape index (κ3) is 2.08. The molecule has 19 heavy (non-hydrogen) atoms. The Hall–Kier alpha value is -2.62. The summed E-state index contributed by atoms with van der Waals surface area (Å²) in [6, 6.07) is 9.07. The third-order valence-corrected chi connectivity index (χ3v) is 2.93. The summed E-state index contributed by atoms with van der Waals surface area (Å²) in [7, 11) is 0. The van der Waals surface area contributed by atoms with Gasteiger partial charge in [-0.15, -0.1) is 0 Å². The Bertz CT molecular complexity index is 763. The van der Waals surface area contributed by atoms with E-state index in [2.05, 4.69) is 15.0 Å². The molecule has 2 aromatic heterocycles. The monoisotopic (exact) mass is 249 g/mol. The molecule has 0 N–H and O–H groups in total. The van der Waals surface area contributed by atoms with Gasteiger partial charge in [-0.2, -0.15) is 0 Å². The van der Waals surface area contributed by atoms with E-state index in [4.69, 9.17) is 0 Å². The first-order valence-electron chi connectivity index (χ1n) is 5.93. The second kappa shape index (κ2) is 4.57. The van der Waals surface area contributed by atoms with Crippen molar-refractivity contribution in [3.63, 3.8) is 0 Å². The second-order valence-corrected chi connectivity index (χ2v) is 4.22. The summed E-state index contributed by atoms with van der Waals surface area (Å²) in [5.74, 6) is 0.495. The van der Waals surface area contributed by atoms with Crippen LogP contribution in [0.15, 0.2) is 48.9 Å². The number of nitrogens with zero attached hydrogens (tertiary/aromatic N) is 3. The zero-order chi connectivity index (χ0) is 13.2. The van der Waals surface area contributed by atoms with Crippen molar-refractivity contribution < 1.29 is 4.79 Å². The normalized spacial score (nSPS) is 10.6. The molecule has 0 spiro atoms. The average Bonchev–Trinajstić information content (AvgIpc) is 2.46. The number of carbonyl (C=O) groups is 1. The van der Waals surface area contributed by atoms with Gasteiger partial charge in [0.25, 0.3) is 0 Å². The summed E-state index contributed by atoms with van der Waals surface area (Å²) >= 11 is 0. The molecular formula is C15H11N3O. The van der Waals surface area contributed by atoms with Gasteiger partial charge < -0.3 is 0 Å². The van der Waals surface area contributed by atoms with Crippen LogP contribution in [0.1, 0.15) is 21.9 Å². The van der Waals surface area contributed by atoms with Gasteiger partial charge in [-0.25, -0.2) is 9.97 Å². The smallest absolute Gasteiger partial charge is 0.212 e. The van der Waals surface area contributed by atoms with E-state index < -0.39 is 0 Å². The van der Waals surface area contributed by atoms with Crippen LogP contribution in [0.5, 0.6) is 0 Å². The SMILES string of the molecule is Cc1nccc(C(=O)c2cccc3cnccc23)n1. The Morgan fingerprint density at radius 1 is 1.11 bits per heavy atom. The third-order valence-electron chi connectivity index (χ3n) is 2.93. The molecule has 0 saturated carbocycles. The Morgan fingerprint density at radius 2 is 2.00 bits per heavy atom. The van der Waals surface area contributed by atoms with Gasteiger partial charge in [0.05, 0.1) is 0 Å². The van der Waals surface area contributed by atoms with Crippen LogP contribution in [0.2, 0.25) is 0 Å². The molecule has 1 aromatic carbocycles. The highest BCUT2D eigenvalue weighted by Gasteiger charge is 2.13. The molecule has 0 aliphatic heterocycles. The van der Waals surface area contributed by atoms with E-state index in [0.29, 0.717) is 17.1 Å². The molecular weight excluding hydrogens is 238 g/mol. The number of fused-ring (bicyclic) bond motifs is 1. The van der Waals surface area contributed by atoms with Crippen LogP contribution in [-0.2, 0) is 0 Å². The molecule has 2 heterocycles. The molecule has 4 heteroatoms. The van der Waals surface area contributed by atoms with Crippen molar-refractivity contribution in [2.75, 3.05) is 0 Å². The van der Waals surface area contributed by atoms with Crippen molar-refractivity contribution in [2.45, 2.75) is 6.92 Å². The Morgan fingerprint density at radius 3 is 2.84 bits per heavy atom. The van der Waals surface area contributed by atoms with Crippen molar-refractivity contribution in [3.05, 3.63) is 66.0 Å². The van der Waals surface area contributed by atoms with Crippen molar-refractivity contribution in [3.8, 4) is 0 Å². The number of hydrogen-bond acceptors (Lipinski definition) is 4. The number of hydrogen-bond donors (Lipinski definition) is 0. The summed E-state index contributed by atoms with van der Waals surface area (Å²) in [6.07, 6.45) is 5.03. The molecule has 3 rings (SSSR count). The van der Waals surface area contributed by atoms with Crippen molar-refractivity contribution in [1.29, 1.82) is 0 Å². The lowest BCUT2D eigenvalue weighted by Gasteiger charge is -2.05. The molecule has 0 unspecified atom stereocenters. The van der Waals surface area contributed by atoms with Gasteiger partial charge in [0.1, 0.15) is 11.5 Å². The van der Waals surface area contributed by atoms with Crippen LogP contribution in [-0.4, -0.2) is 20.7 Å². The number of carbonyl (C=O) groups excluding carboxylic acids is 1. The van der Waals surface area contributed by atoms with Crippen molar-refractivity contribution in [2.24, 2.45) is 0 Å². The number of aromatic nitrogens is 3. The van der Waals surface area contributed by atoms with E-state index in [9.17, 15) is 4.79 Å². The van der Waals surface area contributed by atoms with Crippen molar-refractivity contribution in [1.82, 2.24) is 15.0 Å². The maximum atomic E-state index is 12.5. The van der Waals surface area contributed by atoms with Crippen LogP contribution in [0.25, 0.3) is 10.8 Å². The fraction of sp³-hybridized carbons (Fsp3) is 0.0667. The predicted octanol–water partition coefficient (Wildman–Crippen LogP) is 2.56. The first kappa shape index (κ1) is 11.5. The number of pyridine rings is 1. The number of ketones is 1. The number of aryl methyl sites for hydroxylation is 1. The van der Waals surface area contributed by atoms with Gasteiger partial charge in [0.15, 0.2) is 0 Å². The Labute approximate surface area is 110 Å². The van der Waals surface area contributed by atoms with Crippen LogP contribution >= 0.6 is 0 Å². The predicted molar refractivity (Wildman–Crippen MR) is 71.9 cm³/mol. The lowest BCUT2D eigenvalue weighted by atomic mass is 10.0. The zero-order valence-corrected chi connectivity index (χ0v) is 10.4. The summed E-state index contributed by atoms with van der Waals surface area (Å²) < 4.78 is 0. The number of rotatable bonds is 2. The summed E-state index contributed by atoms with van der Waals surface area (Å²) in [5.41, 5.74) is 1.05. The van der Waals surface area contributed by atoms with Crippen LogP contribution in [0, 0.1) is 6.92 Å². The first-order chi connectivity index (χ1) is 9.25. The van der Waals surface area contributed by atoms with E-state index in [0.717, 1.165) is 10.8 Å². The van der Waals surface area contributed by atoms with Gasteiger partial charge in [-0.3, -0.25) is 9.78 Å². The van der Waals surface area contributed by atoms with Crippen LogP contribution in [0.3, 0.4) is 0 Å². The van der Waals surface area contributed by atoms with Gasteiger partial charge >= 0.3 is 0 Å². The van der Waals surface area contributed by atoms with Crippen molar-refractivity contribution >= 4 is 16.6 Å². The van der Waals surface area contributed by atoms with Crippen LogP contribution < -0.4 is 0 Å². The lowest BCUT2D eigenvalue weighted by molar-refractivity contribution is 0.103. The highest BCUT2D eigenvalue weighted by atomic mass is 16.1. The first-order valence-corrected chi connectivity index (χ1v) is 5.93. The molecule has 0 radical (unpaired) electrons. The zero-order valence-electron chi connectivity index (χ0n) is 10.4. The summed E-state index contributed by atoms with van der Waals surface area (Å²) in [4.78, 5) is 24.7. The Kier molecular flexibility index (Phi) is 2.76. The van der Waals surface area contributed by atoms with E-state index >= 15 is 0 Å². The lowest BCUT2D eigenvalue weighted by Crippen LogP contribution is -2.06. The largest absolute Gasteiger partial charge is 0.287 e. The number of benzene rings is 1. The van der Waals surface area contributed by atoms with Gasteiger partial charge in [-0.1, -0.05) is 18.2 Å². The van der Waals surface area contributed by atoms with E-state index in [1.807, 2.05) is 24.3 Å². The molecule has 0 amide bonds. The maximum absolute atomic E-state index is 12.5. The molecule has 92 valence electrons. The Balaban J connectivity index is 2.17. The molecule has 0 aliphatic rings. The maximum Gasteiger partial charge on any atom is 0.212 e. The van der Waals surface area contributed by atoms with E-state index in [1.165, 1.54) is 0 Å². The van der Waals surface area contributed by atoms with Gasteiger partial charge in [-0.05, 0) is 24.4 Å². The highest BCUT2D eigenvalue weighted by Crippen LogP contribution is 2.19. The fourth-order valence-electron chi connectivity index (χ4n) is 2.04. The summed E-state index contributed by atoms with van der Waals surface area (Å²) in [6.45, 7) is 1.77. The minimum Gasteiger partial charge on any atom is -0.287 e. The van der Waals surface area contributed by atoms with E-state index in [-0.39, 0.29) is 5.78 Å². The van der Waals surface area contributed by atoms with E-state index in [1.54, 1.807) is 31.6 Å².